The van der Waals surface area contributed by atoms with Gasteiger partial charge in [-0.05, 0) is 55.9 Å². The highest BCUT2D eigenvalue weighted by Crippen LogP contribution is 2.35. The number of hydrogen-bond acceptors (Lipinski definition) is 4. The van der Waals surface area contributed by atoms with Crippen LogP contribution in [0.2, 0.25) is 0 Å². The van der Waals surface area contributed by atoms with Gasteiger partial charge in [0.2, 0.25) is 5.91 Å². The zero-order chi connectivity index (χ0) is 16.1. The topological polar surface area (TPSA) is 64.4 Å². The molecule has 1 aliphatic heterocycles. The molecule has 3 rings (SSSR count). The predicted molar refractivity (Wildman–Crippen MR) is 94.7 cm³/mol. The number of carbonyl (C=O) groups excluding carboxylic acids is 1. The summed E-state index contributed by atoms with van der Waals surface area (Å²) in [6.07, 6.45) is 7.09. The van der Waals surface area contributed by atoms with Crippen molar-refractivity contribution in [2.24, 2.45) is 11.7 Å². The average Bonchev–Trinajstić information content (AvgIpc) is 3.10. The normalized spacial score (nSPS) is 21.3. The summed E-state index contributed by atoms with van der Waals surface area (Å²) in [5.41, 5.74) is 6.93. The molecule has 1 atom stereocenters. The van der Waals surface area contributed by atoms with Crippen LogP contribution < -0.4 is 11.1 Å². The molecule has 4 nitrogen and oxygen atoms in total. The molecule has 2 aliphatic rings. The minimum atomic E-state index is -0.452. The molecule has 2 fully saturated rings. The fourth-order valence-corrected chi connectivity index (χ4v) is 4.58. The second-order valence-electron chi connectivity index (χ2n) is 6.51. The van der Waals surface area contributed by atoms with Gasteiger partial charge in [-0.3, -0.25) is 4.79 Å². The number of nitrogens with two attached hydrogens (primary N) is 1. The first-order valence-corrected chi connectivity index (χ1v) is 9.51. The minimum Gasteiger partial charge on any atom is -0.381 e. The quantitative estimate of drug-likeness (QED) is 0.866. The number of thioether (sulfide) groups is 1. The lowest BCUT2D eigenvalue weighted by molar-refractivity contribution is -0.119. The van der Waals surface area contributed by atoms with Crippen molar-refractivity contribution >= 4 is 23.4 Å². The number of hydrogen-bond donors (Lipinski definition) is 2. The summed E-state index contributed by atoms with van der Waals surface area (Å²) >= 11 is 1.96. The molecule has 1 aliphatic carbocycles. The molecule has 1 aromatic carbocycles. The van der Waals surface area contributed by atoms with Crippen LogP contribution in [0.4, 0.5) is 5.69 Å². The first-order chi connectivity index (χ1) is 11.2. The lowest BCUT2D eigenvalue weighted by atomic mass is 9.92. The largest absolute Gasteiger partial charge is 0.381 e. The van der Waals surface area contributed by atoms with Crippen LogP contribution in [-0.2, 0) is 9.53 Å². The number of anilines is 1. The molecular weight excluding hydrogens is 308 g/mol. The fraction of sp³-hybridized carbons (Fsp3) is 0.611. The molecule has 3 N–H and O–H groups in total. The molecule has 1 aromatic rings. The summed E-state index contributed by atoms with van der Waals surface area (Å²) < 4.78 is 5.33. The van der Waals surface area contributed by atoms with Crippen molar-refractivity contribution in [3.05, 3.63) is 24.3 Å². The summed E-state index contributed by atoms with van der Waals surface area (Å²) in [6.45, 7) is 1.41. The van der Waals surface area contributed by atoms with Gasteiger partial charge in [-0.2, -0.15) is 0 Å². The van der Waals surface area contributed by atoms with Crippen LogP contribution in [0.25, 0.3) is 0 Å². The Morgan fingerprint density at radius 2 is 1.78 bits per heavy atom. The number of carbonyl (C=O) groups is 1. The third kappa shape index (κ3) is 4.72. The molecule has 0 bridgehead atoms. The Hall–Kier alpha value is -1.04. The van der Waals surface area contributed by atoms with E-state index in [9.17, 15) is 4.79 Å². The highest BCUT2D eigenvalue weighted by molar-refractivity contribution is 8.00. The number of benzene rings is 1. The molecule has 0 aromatic heterocycles. The molecule has 23 heavy (non-hydrogen) atoms. The highest BCUT2D eigenvalue weighted by atomic mass is 32.2. The van der Waals surface area contributed by atoms with Gasteiger partial charge in [-0.1, -0.05) is 12.8 Å². The SMILES string of the molecule is NC(C(=O)Nc1ccc(SC2CCCC2)cc1)C1CCOCC1. The molecule has 0 radical (unpaired) electrons. The van der Waals surface area contributed by atoms with E-state index in [0.717, 1.165) is 23.8 Å². The van der Waals surface area contributed by atoms with Crippen molar-refractivity contribution < 1.29 is 9.53 Å². The van der Waals surface area contributed by atoms with Crippen LogP contribution >= 0.6 is 11.8 Å². The molecule has 5 heteroatoms. The van der Waals surface area contributed by atoms with E-state index in [1.807, 2.05) is 23.9 Å². The maximum absolute atomic E-state index is 12.3. The number of amides is 1. The smallest absolute Gasteiger partial charge is 0.241 e. The summed E-state index contributed by atoms with van der Waals surface area (Å²) in [6, 6.07) is 7.70. The van der Waals surface area contributed by atoms with Crippen molar-refractivity contribution in [3.63, 3.8) is 0 Å². The van der Waals surface area contributed by atoms with Crippen molar-refractivity contribution in [2.45, 2.75) is 54.7 Å². The molecule has 0 spiro atoms. The molecule has 1 unspecified atom stereocenters. The van der Waals surface area contributed by atoms with Gasteiger partial charge in [0, 0.05) is 29.0 Å². The van der Waals surface area contributed by atoms with Crippen molar-refractivity contribution in [1.29, 1.82) is 0 Å². The summed E-state index contributed by atoms with van der Waals surface area (Å²) in [4.78, 5) is 13.6. The lowest BCUT2D eigenvalue weighted by Gasteiger charge is -2.26. The van der Waals surface area contributed by atoms with Crippen LogP contribution in [0.1, 0.15) is 38.5 Å². The van der Waals surface area contributed by atoms with Crippen LogP contribution in [0.3, 0.4) is 0 Å². The van der Waals surface area contributed by atoms with Gasteiger partial charge in [0.25, 0.3) is 0 Å². The zero-order valence-corrected chi connectivity index (χ0v) is 14.3. The molecule has 126 valence electrons. The maximum Gasteiger partial charge on any atom is 0.241 e. The van der Waals surface area contributed by atoms with Gasteiger partial charge in [-0.25, -0.2) is 0 Å². The molecule has 1 saturated carbocycles. The first-order valence-electron chi connectivity index (χ1n) is 8.63. The van der Waals surface area contributed by atoms with Crippen molar-refractivity contribution in [2.75, 3.05) is 18.5 Å². The molecule has 1 saturated heterocycles. The van der Waals surface area contributed by atoms with Gasteiger partial charge in [-0.15, -0.1) is 11.8 Å². The lowest BCUT2D eigenvalue weighted by Crippen LogP contribution is -2.43. The third-order valence-electron chi connectivity index (χ3n) is 4.80. The van der Waals surface area contributed by atoms with Crippen LogP contribution in [0.15, 0.2) is 29.2 Å². The first kappa shape index (κ1) is 16.8. The van der Waals surface area contributed by atoms with Gasteiger partial charge < -0.3 is 15.8 Å². The Kier molecular flexibility index (Phi) is 5.97. The van der Waals surface area contributed by atoms with E-state index < -0.39 is 6.04 Å². The number of rotatable bonds is 5. The average molecular weight is 334 g/mol. The predicted octanol–water partition coefficient (Wildman–Crippen LogP) is 3.41. The summed E-state index contributed by atoms with van der Waals surface area (Å²) in [5, 5.41) is 3.71. The van der Waals surface area contributed by atoms with E-state index in [1.54, 1.807) is 0 Å². The highest BCUT2D eigenvalue weighted by Gasteiger charge is 2.26. The standard InChI is InChI=1S/C18H26N2O2S/c19-17(13-9-11-22-12-10-13)18(21)20-14-5-7-16(8-6-14)23-15-3-1-2-4-15/h5-8,13,15,17H,1-4,9-12,19H2,(H,20,21). The fourth-order valence-electron chi connectivity index (χ4n) is 3.33. The van der Waals surface area contributed by atoms with E-state index in [2.05, 4.69) is 17.4 Å². The Morgan fingerprint density at radius 1 is 1.13 bits per heavy atom. The summed E-state index contributed by atoms with van der Waals surface area (Å²) in [5.74, 6) is 0.133. The van der Waals surface area contributed by atoms with Gasteiger partial charge in [0.1, 0.15) is 0 Å². The Labute approximate surface area is 142 Å². The zero-order valence-electron chi connectivity index (χ0n) is 13.5. The van der Waals surface area contributed by atoms with Crippen LogP contribution in [0, 0.1) is 5.92 Å². The number of nitrogens with one attached hydrogen (secondary N) is 1. The van der Waals surface area contributed by atoms with Gasteiger partial charge in [0.15, 0.2) is 0 Å². The second kappa shape index (κ2) is 8.18. The second-order valence-corrected chi connectivity index (χ2v) is 7.89. The molecule has 1 heterocycles. The van der Waals surface area contributed by atoms with Gasteiger partial charge >= 0.3 is 0 Å². The van der Waals surface area contributed by atoms with E-state index >= 15 is 0 Å². The molecule has 1 amide bonds. The maximum atomic E-state index is 12.3. The Bertz CT molecular complexity index is 508. The molecular formula is C18H26N2O2S. The van der Waals surface area contributed by atoms with Crippen molar-refractivity contribution in [1.82, 2.24) is 0 Å². The van der Waals surface area contributed by atoms with E-state index in [4.69, 9.17) is 10.5 Å². The number of ether oxygens (including phenoxy) is 1. The van der Waals surface area contributed by atoms with E-state index in [-0.39, 0.29) is 11.8 Å². The van der Waals surface area contributed by atoms with E-state index in [0.29, 0.717) is 13.2 Å². The minimum absolute atomic E-state index is 0.0897. The van der Waals surface area contributed by atoms with E-state index in [1.165, 1.54) is 30.6 Å². The third-order valence-corrected chi connectivity index (χ3v) is 6.15. The Balaban J connectivity index is 1.51. The van der Waals surface area contributed by atoms with Crippen LogP contribution in [0.5, 0.6) is 0 Å². The summed E-state index contributed by atoms with van der Waals surface area (Å²) in [7, 11) is 0. The Morgan fingerprint density at radius 3 is 2.43 bits per heavy atom. The van der Waals surface area contributed by atoms with Crippen molar-refractivity contribution in [3.8, 4) is 0 Å². The van der Waals surface area contributed by atoms with Gasteiger partial charge in [0.05, 0.1) is 6.04 Å². The monoisotopic (exact) mass is 334 g/mol. The van der Waals surface area contributed by atoms with Crippen LogP contribution in [-0.4, -0.2) is 30.4 Å².